The zero-order chi connectivity index (χ0) is 9.31. The highest BCUT2D eigenvalue weighted by Gasteiger charge is 2.43. The van der Waals surface area contributed by atoms with Crippen LogP contribution in [0.3, 0.4) is 0 Å². The topological polar surface area (TPSA) is 48.1 Å². The van der Waals surface area contributed by atoms with Crippen molar-refractivity contribution >= 4 is 0 Å². The van der Waals surface area contributed by atoms with E-state index in [1.807, 2.05) is 12.3 Å². The van der Waals surface area contributed by atoms with E-state index in [1.54, 1.807) is 13.3 Å². The van der Waals surface area contributed by atoms with Crippen molar-refractivity contribution in [2.24, 2.45) is 5.73 Å². The normalized spacial score (nSPS) is 18.3. The van der Waals surface area contributed by atoms with Gasteiger partial charge in [-0.15, -0.1) is 0 Å². The van der Waals surface area contributed by atoms with E-state index in [0.717, 1.165) is 5.75 Å². The van der Waals surface area contributed by atoms with Crippen LogP contribution in [-0.2, 0) is 5.41 Å². The molecule has 2 N–H and O–H groups in total. The fourth-order valence-corrected chi connectivity index (χ4v) is 1.58. The Hall–Kier alpha value is -1.09. The molecule has 1 aliphatic carbocycles. The van der Waals surface area contributed by atoms with E-state index in [4.69, 9.17) is 10.5 Å². The van der Waals surface area contributed by atoms with Gasteiger partial charge in [-0.1, -0.05) is 0 Å². The molecule has 2 rings (SSSR count). The van der Waals surface area contributed by atoms with Crippen LogP contribution in [0.25, 0.3) is 0 Å². The van der Waals surface area contributed by atoms with Crippen molar-refractivity contribution in [3.63, 3.8) is 0 Å². The highest BCUT2D eigenvalue weighted by atomic mass is 16.5. The molecule has 13 heavy (non-hydrogen) atoms. The van der Waals surface area contributed by atoms with Crippen molar-refractivity contribution in [2.75, 3.05) is 13.7 Å². The van der Waals surface area contributed by atoms with Gasteiger partial charge >= 0.3 is 0 Å². The smallest absolute Gasteiger partial charge is 0.137 e. The van der Waals surface area contributed by atoms with Crippen LogP contribution in [0.1, 0.15) is 18.4 Å². The zero-order valence-corrected chi connectivity index (χ0v) is 7.79. The number of pyridine rings is 1. The average Bonchev–Trinajstić information content (AvgIpc) is 2.99. The minimum atomic E-state index is 0.210. The third-order valence-corrected chi connectivity index (χ3v) is 2.81. The van der Waals surface area contributed by atoms with E-state index in [0.29, 0.717) is 6.54 Å². The molecule has 1 aromatic rings. The highest BCUT2D eigenvalue weighted by Crippen LogP contribution is 2.47. The third-order valence-electron chi connectivity index (χ3n) is 2.81. The second-order valence-electron chi connectivity index (χ2n) is 3.60. The number of ether oxygens (including phenoxy) is 1. The summed E-state index contributed by atoms with van der Waals surface area (Å²) in [5, 5.41) is 0. The lowest BCUT2D eigenvalue weighted by Crippen LogP contribution is -2.19. The zero-order valence-electron chi connectivity index (χ0n) is 7.79. The van der Waals surface area contributed by atoms with Crippen molar-refractivity contribution in [3.8, 4) is 5.75 Å². The molecule has 0 spiro atoms. The Morgan fingerprint density at radius 3 is 2.85 bits per heavy atom. The molecule has 0 atom stereocenters. The molecule has 1 aliphatic rings. The standard InChI is InChI=1S/C10H14N2O/c1-13-9-4-8(5-12-6-9)10(7-11)2-3-10/h4-6H,2-3,7,11H2,1H3. The Kier molecular flexibility index (Phi) is 1.96. The van der Waals surface area contributed by atoms with Crippen LogP contribution >= 0.6 is 0 Å². The summed E-state index contributed by atoms with van der Waals surface area (Å²) in [6, 6.07) is 2.03. The number of nitrogens with zero attached hydrogens (tertiary/aromatic N) is 1. The summed E-state index contributed by atoms with van der Waals surface area (Å²) in [5.74, 6) is 0.817. The molecule has 0 aromatic carbocycles. The van der Waals surface area contributed by atoms with Crippen LogP contribution in [0.4, 0.5) is 0 Å². The van der Waals surface area contributed by atoms with Crippen molar-refractivity contribution in [2.45, 2.75) is 18.3 Å². The lowest BCUT2D eigenvalue weighted by atomic mass is 9.98. The Morgan fingerprint density at radius 1 is 1.54 bits per heavy atom. The summed E-state index contributed by atoms with van der Waals surface area (Å²) in [4.78, 5) is 4.13. The Balaban J connectivity index is 2.30. The van der Waals surface area contributed by atoms with Crippen molar-refractivity contribution in [3.05, 3.63) is 24.0 Å². The fraction of sp³-hybridized carbons (Fsp3) is 0.500. The molecular weight excluding hydrogens is 164 g/mol. The summed E-state index contributed by atoms with van der Waals surface area (Å²) in [5.41, 5.74) is 7.15. The van der Waals surface area contributed by atoms with Gasteiger partial charge in [-0.05, 0) is 24.5 Å². The Bertz CT molecular complexity index is 308. The number of nitrogens with two attached hydrogens (primary N) is 1. The van der Waals surface area contributed by atoms with Gasteiger partial charge in [-0.25, -0.2) is 0 Å². The molecule has 1 heterocycles. The largest absolute Gasteiger partial charge is 0.495 e. The van der Waals surface area contributed by atoms with E-state index in [-0.39, 0.29) is 5.41 Å². The monoisotopic (exact) mass is 178 g/mol. The van der Waals surface area contributed by atoms with Crippen LogP contribution in [0, 0.1) is 0 Å². The van der Waals surface area contributed by atoms with Gasteiger partial charge in [0.1, 0.15) is 5.75 Å². The molecule has 0 radical (unpaired) electrons. The van der Waals surface area contributed by atoms with Gasteiger partial charge < -0.3 is 10.5 Å². The molecule has 0 aliphatic heterocycles. The quantitative estimate of drug-likeness (QED) is 0.753. The first-order valence-corrected chi connectivity index (χ1v) is 4.50. The Morgan fingerprint density at radius 2 is 2.31 bits per heavy atom. The van der Waals surface area contributed by atoms with Crippen LogP contribution in [0.5, 0.6) is 5.75 Å². The summed E-state index contributed by atoms with van der Waals surface area (Å²) < 4.78 is 5.12. The molecule has 0 amide bonds. The Labute approximate surface area is 77.9 Å². The molecule has 3 heteroatoms. The summed E-state index contributed by atoms with van der Waals surface area (Å²) >= 11 is 0. The van der Waals surface area contributed by atoms with Crippen LogP contribution < -0.4 is 10.5 Å². The second kappa shape index (κ2) is 3.00. The lowest BCUT2D eigenvalue weighted by molar-refractivity contribution is 0.411. The predicted octanol–water partition coefficient (Wildman–Crippen LogP) is 1.08. The van der Waals surface area contributed by atoms with E-state index < -0.39 is 0 Å². The predicted molar refractivity (Wildman–Crippen MR) is 50.8 cm³/mol. The number of hydrogen-bond acceptors (Lipinski definition) is 3. The molecular formula is C10H14N2O. The maximum Gasteiger partial charge on any atom is 0.137 e. The number of hydrogen-bond donors (Lipinski definition) is 1. The van der Waals surface area contributed by atoms with Gasteiger partial charge in [-0.3, -0.25) is 4.98 Å². The summed E-state index contributed by atoms with van der Waals surface area (Å²) in [7, 11) is 1.66. The summed E-state index contributed by atoms with van der Waals surface area (Å²) in [6.07, 6.45) is 5.97. The van der Waals surface area contributed by atoms with E-state index in [2.05, 4.69) is 4.98 Å². The van der Waals surface area contributed by atoms with Gasteiger partial charge in [-0.2, -0.15) is 0 Å². The first-order valence-electron chi connectivity index (χ1n) is 4.50. The first-order chi connectivity index (χ1) is 6.30. The number of methoxy groups -OCH3 is 1. The third kappa shape index (κ3) is 1.40. The first kappa shape index (κ1) is 8.51. The van der Waals surface area contributed by atoms with Crippen molar-refractivity contribution in [1.29, 1.82) is 0 Å². The van der Waals surface area contributed by atoms with E-state index in [9.17, 15) is 0 Å². The SMILES string of the molecule is COc1cncc(C2(CN)CC2)c1. The van der Waals surface area contributed by atoms with Gasteiger partial charge in [0.15, 0.2) is 0 Å². The molecule has 1 aromatic heterocycles. The molecule has 3 nitrogen and oxygen atoms in total. The van der Waals surface area contributed by atoms with Crippen LogP contribution in [0.2, 0.25) is 0 Å². The van der Waals surface area contributed by atoms with Crippen molar-refractivity contribution < 1.29 is 4.74 Å². The highest BCUT2D eigenvalue weighted by molar-refractivity contribution is 5.34. The minimum absolute atomic E-state index is 0.210. The molecule has 1 saturated carbocycles. The molecule has 70 valence electrons. The molecule has 0 unspecified atom stereocenters. The van der Waals surface area contributed by atoms with Gasteiger partial charge in [0.05, 0.1) is 13.3 Å². The average molecular weight is 178 g/mol. The van der Waals surface area contributed by atoms with Gasteiger partial charge in [0.2, 0.25) is 0 Å². The lowest BCUT2D eigenvalue weighted by Gasteiger charge is -2.12. The molecule has 1 fully saturated rings. The van der Waals surface area contributed by atoms with Crippen molar-refractivity contribution in [1.82, 2.24) is 4.98 Å². The van der Waals surface area contributed by atoms with Gasteiger partial charge in [0, 0.05) is 18.2 Å². The van der Waals surface area contributed by atoms with Crippen LogP contribution in [0.15, 0.2) is 18.5 Å². The minimum Gasteiger partial charge on any atom is -0.495 e. The van der Waals surface area contributed by atoms with E-state index >= 15 is 0 Å². The number of aromatic nitrogens is 1. The summed E-state index contributed by atoms with van der Waals surface area (Å²) in [6.45, 7) is 0.710. The molecule has 0 saturated heterocycles. The van der Waals surface area contributed by atoms with E-state index in [1.165, 1.54) is 18.4 Å². The maximum atomic E-state index is 5.72. The van der Waals surface area contributed by atoms with Gasteiger partial charge in [0.25, 0.3) is 0 Å². The second-order valence-corrected chi connectivity index (χ2v) is 3.60. The number of rotatable bonds is 3. The molecule has 0 bridgehead atoms. The van der Waals surface area contributed by atoms with Crippen LogP contribution in [-0.4, -0.2) is 18.6 Å². The maximum absolute atomic E-state index is 5.72. The fourth-order valence-electron chi connectivity index (χ4n) is 1.58.